The van der Waals surface area contributed by atoms with Crippen LogP contribution in [-0.2, 0) is 0 Å². The third kappa shape index (κ3) is 2.83. The Labute approximate surface area is 61.3 Å². The highest BCUT2D eigenvalue weighted by atomic mass is 14.8. The molecule has 0 atom stereocenters. The minimum absolute atomic E-state index is 0.438. The molecular formula is C8H10N2. The lowest BCUT2D eigenvalue weighted by atomic mass is 10.6. The van der Waals surface area contributed by atoms with Crippen LogP contribution in [0.5, 0.6) is 0 Å². The van der Waals surface area contributed by atoms with Gasteiger partial charge < -0.3 is 0 Å². The standard InChI is InChI=1S/C6H4N2.C2H6/c1-2-6-7-4-3-5-8-6;1-2/h1,3-5H;1-2H3. The largest absolute Gasteiger partial charge is 0.229 e. The van der Waals surface area contributed by atoms with Gasteiger partial charge in [0.1, 0.15) is 0 Å². The van der Waals surface area contributed by atoms with Gasteiger partial charge >= 0.3 is 0 Å². The summed E-state index contributed by atoms with van der Waals surface area (Å²) in [5.74, 6) is 2.74. The molecule has 0 radical (unpaired) electrons. The van der Waals surface area contributed by atoms with Gasteiger partial charge in [-0.3, -0.25) is 0 Å². The number of nitrogens with zero attached hydrogens (tertiary/aromatic N) is 2. The third-order valence-electron chi connectivity index (χ3n) is 0.695. The molecule has 0 amide bonds. The van der Waals surface area contributed by atoms with E-state index in [1.807, 2.05) is 13.8 Å². The molecule has 0 unspecified atom stereocenters. The van der Waals surface area contributed by atoms with Crippen LogP contribution in [0.4, 0.5) is 0 Å². The van der Waals surface area contributed by atoms with Crippen molar-refractivity contribution in [3.63, 3.8) is 0 Å². The van der Waals surface area contributed by atoms with Crippen LogP contribution in [-0.4, -0.2) is 9.97 Å². The average molecular weight is 134 g/mol. The molecule has 0 aromatic carbocycles. The number of terminal acetylenes is 1. The molecule has 0 saturated carbocycles. The van der Waals surface area contributed by atoms with Gasteiger partial charge in [-0.15, -0.1) is 6.42 Å². The Balaban J connectivity index is 0.000000371. The highest BCUT2D eigenvalue weighted by molar-refractivity contribution is 5.13. The molecule has 0 bridgehead atoms. The minimum atomic E-state index is 0.438. The number of rotatable bonds is 0. The maximum atomic E-state index is 4.97. The van der Waals surface area contributed by atoms with Crippen molar-refractivity contribution in [2.24, 2.45) is 0 Å². The Morgan fingerprint density at radius 2 is 1.80 bits per heavy atom. The molecule has 0 N–H and O–H groups in total. The van der Waals surface area contributed by atoms with Gasteiger partial charge in [-0.2, -0.15) is 0 Å². The molecule has 1 rings (SSSR count). The fourth-order valence-electron chi connectivity index (χ4n) is 0.374. The zero-order chi connectivity index (χ0) is 7.82. The number of hydrogen-bond acceptors (Lipinski definition) is 2. The van der Waals surface area contributed by atoms with E-state index in [2.05, 4.69) is 15.9 Å². The Hall–Kier alpha value is -1.36. The van der Waals surface area contributed by atoms with Crippen molar-refractivity contribution in [1.82, 2.24) is 9.97 Å². The lowest BCUT2D eigenvalue weighted by Crippen LogP contribution is -1.82. The molecule has 0 aliphatic heterocycles. The minimum Gasteiger partial charge on any atom is -0.229 e. The van der Waals surface area contributed by atoms with E-state index < -0.39 is 0 Å². The maximum Gasteiger partial charge on any atom is 0.204 e. The van der Waals surface area contributed by atoms with E-state index in [9.17, 15) is 0 Å². The molecule has 1 aromatic heterocycles. The molecular weight excluding hydrogens is 124 g/mol. The van der Waals surface area contributed by atoms with E-state index in [1.165, 1.54) is 0 Å². The Morgan fingerprint density at radius 3 is 2.10 bits per heavy atom. The van der Waals surface area contributed by atoms with Gasteiger partial charge in [0.25, 0.3) is 0 Å². The Kier molecular flexibility index (Phi) is 4.99. The van der Waals surface area contributed by atoms with Crippen LogP contribution in [0.25, 0.3) is 0 Å². The second-order valence-electron chi connectivity index (χ2n) is 1.22. The van der Waals surface area contributed by atoms with Gasteiger partial charge in [0.15, 0.2) is 0 Å². The highest BCUT2D eigenvalue weighted by Crippen LogP contribution is 1.79. The van der Waals surface area contributed by atoms with Crippen molar-refractivity contribution < 1.29 is 0 Å². The van der Waals surface area contributed by atoms with Gasteiger partial charge in [-0.1, -0.05) is 13.8 Å². The van der Waals surface area contributed by atoms with Gasteiger partial charge in [-0.05, 0) is 12.0 Å². The van der Waals surface area contributed by atoms with E-state index in [0.29, 0.717) is 5.82 Å². The zero-order valence-corrected chi connectivity index (χ0v) is 6.20. The maximum absolute atomic E-state index is 4.97. The van der Waals surface area contributed by atoms with E-state index in [0.717, 1.165) is 0 Å². The van der Waals surface area contributed by atoms with Crippen LogP contribution >= 0.6 is 0 Å². The SMILES string of the molecule is C#Cc1ncccn1.CC. The number of aromatic nitrogens is 2. The van der Waals surface area contributed by atoms with Crippen LogP contribution in [0.2, 0.25) is 0 Å². The second-order valence-corrected chi connectivity index (χ2v) is 1.22. The van der Waals surface area contributed by atoms with Crippen LogP contribution in [0, 0.1) is 12.3 Å². The van der Waals surface area contributed by atoms with E-state index in [1.54, 1.807) is 18.5 Å². The zero-order valence-electron chi connectivity index (χ0n) is 6.20. The first-order valence-electron chi connectivity index (χ1n) is 3.17. The summed E-state index contributed by atoms with van der Waals surface area (Å²) < 4.78 is 0. The summed E-state index contributed by atoms with van der Waals surface area (Å²) in [7, 11) is 0. The van der Waals surface area contributed by atoms with Crippen molar-refractivity contribution >= 4 is 0 Å². The fourth-order valence-corrected chi connectivity index (χ4v) is 0.374. The van der Waals surface area contributed by atoms with E-state index >= 15 is 0 Å². The van der Waals surface area contributed by atoms with E-state index in [-0.39, 0.29) is 0 Å². The Morgan fingerprint density at radius 1 is 1.30 bits per heavy atom. The summed E-state index contributed by atoms with van der Waals surface area (Å²) in [5.41, 5.74) is 0. The van der Waals surface area contributed by atoms with Crippen molar-refractivity contribution in [2.45, 2.75) is 13.8 Å². The van der Waals surface area contributed by atoms with Crippen LogP contribution in [0.3, 0.4) is 0 Å². The monoisotopic (exact) mass is 134 g/mol. The summed E-state index contributed by atoms with van der Waals surface area (Å²) in [5, 5.41) is 0. The molecule has 0 spiro atoms. The van der Waals surface area contributed by atoms with Gasteiger partial charge in [0.05, 0.1) is 0 Å². The lowest BCUT2D eigenvalue weighted by Gasteiger charge is -1.81. The molecule has 52 valence electrons. The lowest BCUT2D eigenvalue weighted by molar-refractivity contribution is 1.13. The normalized spacial score (nSPS) is 6.90. The van der Waals surface area contributed by atoms with Crippen LogP contribution < -0.4 is 0 Å². The van der Waals surface area contributed by atoms with Crippen LogP contribution in [0.15, 0.2) is 18.5 Å². The molecule has 0 saturated heterocycles. The van der Waals surface area contributed by atoms with Gasteiger partial charge in [0.2, 0.25) is 5.82 Å². The van der Waals surface area contributed by atoms with Crippen molar-refractivity contribution in [3.05, 3.63) is 24.3 Å². The molecule has 2 nitrogen and oxygen atoms in total. The van der Waals surface area contributed by atoms with Crippen molar-refractivity contribution in [3.8, 4) is 12.3 Å². The third-order valence-corrected chi connectivity index (χ3v) is 0.695. The molecule has 0 aliphatic rings. The summed E-state index contributed by atoms with van der Waals surface area (Å²) in [6.07, 6.45) is 8.20. The average Bonchev–Trinajstić information content (AvgIpc) is 2.10. The van der Waals surface area contributed by atoms with Crippen molar-refractivity contribution in [1.29, 1.82) is 0 Å². The smallest absolute Gasteiger partial charge is 0.204 e. The number of hydrogen-bond donors (Lipinski definition) is 0. The summed E-state index contributed by atoms with van der Waals surface area (Å²) >= 11 is 0. The molecule has 10 heavy (non-hydrogen) atoms. The molecule has 0 aliphatic carbocycles. The molecule has 0 fully saturated rings. The first-order valence-corrected chi connectivity index (χ1v) is 3.17. The predicted octanol–water partition coefficient (Wildman–Crippen LogP) is 1.48. The summed E-state index contributed by atoms with van der Waals surface area (Å²) in [4.78, 5) is 7.50. The molecule has 1 aromatic rings. The molecule has 1 heterocycles. The van der Waals surface area contributed by atoms with Crippen LogP contribution in [0.1, 0.15) is 19.7 Å². The van der Waals surface area contributed by atoms with Gasteiger partial charge in [0, 0.05) is 12.4 Å². The first-order chi connectivity index (χ1) is 4.93. The topological polar surface area (TPSA) is 25.8 Å². The summed E-state index contributed by atoms with van der Waals surface area (Å²) in [6.45, 7) is 4.00. The summed E-state index contributed by atoms with van der Waals surface area (Å²) in [6, 6.07) is 1.72. The fraction of sp³-hybridized carbons (Fsp3) is 0.250. The first kappa shape index (κ1) is 8.64. The predicted molar refractivity (Wildman–Crippen MR) is 41.3 cm³/mol. The quantitative estimate of drug-likeness (QED) is 0.502. The second kappa shape index (κ2) is 5.77. The highest BCUT2D eigenvalue weighted by Gasteiger charge is 1.79. The van der Waals surface area contributed by atoms with Crippen molar-refractivity contribution in [2.75, 3.05) is 0 Å². The van der Waals surface area contributed by atoms with Gasteiger partial charge in [-0.25, -0.2) is 9.97 Å². The molecule has 2 heteroatoms. The van der Waals surface area contributed by atoms with E-state index in [4.69, 9.17) is 6.42 Å². The Bertz CT molecular complexity index is 198.